The molecule has 6 nitrogen and oxygen atoms in total. The first-order valence-electron chi connectivity index (χ1n) is 14.5. The Labute approximate surface area is 228 Å². The van der Waals surface area contributed by atoms with Gasteiger partial charge in [0.25, 0.3) is 0 Å². The van der Waals surface area contributed by atoms with Crippen LogP contribution in [0.2, 0.25) is 0 Å². The van der Waals surface area contributed by atoms with Gasteiger partial charge in [-0.3, -0.25) is 9.59 Å². The summed E-state index contributed by atoms with van der Waals surface area (Å²) in [5.74, 6) is -1.43. The molecule has 1 fully saturated rings. The molecular weight excluding hydrogens is 486 g/mol. The van der Waals surface area contributed by atoms with Crippen molar-refractivity contribution < 1.29 is 18.4 Å². The lowest BCUT2D eigenvalue weighted by atomic mass is 9.98. The van der Waals surface area contributed by atoms with E-state index in [9.17, 15) is 18.4 Å². The van der Waals surface area contributed by atoms with Crippen molar-refractivity contribution in [2.45, 2.75) is 91.0 Å². The van der Waals surface area contributed by atoms with Crippen molar-refractivity contribution in [1.29, 1.82) is 0 Å². The summed E-state index contributed by atoms with van der Waals surface area (Å²) >= 11 is 0. The number of rotatable bonds is 19. The highest BCUT2D eigenvalue weighted by molar-refractivity contribution is 5.85. The Morgan fingerprint density at radius 2 is 1.76 bits per heavy atom. The van der Waals surface area contributed by atoms with Crippen molar-refractivity contribution in [3.8, 4) is 0 Å². The maximum absolute atomic E-state index is 14.1. The van der Waals surface area contributed by atoms with Gasteiger partial charge in [0, 0.05) is 25.3 Å². The molecule has 2 amide bonds. The predicted octanol–water partition coefficient (Wildman–Crippen LogP) is 4.87. The molecule has 1 unspecified atom stereocenters. The number of nitrogens with one attached hydrogen (secondary N) is 3. The van der Waals surface area contributed by atoms with E-state index >= 15 is 0 Å². The van der Waals surface area contributed by atoms with Gasteiger partial charge in [0.15, 0.2) is 11.6 Å². The summed E-state index contributed by atoms with van der Waals surface area (Å²) in [6.45, 7) is 7.71. The average molecular weight is 535 g/mol. The minimum absolute atomic E-state index is 0.0893. The zero-order valence-electron chi connectivity index (χ0n) is 23.8. The smallest absolute Gasteiger partial charge is 0.239 e. The highest BCUT2D eigenvalue weighted by atomic mass is 19.2. The van der Waals surface area contributed by atoms with Crippen LogP contribution in [0.5, 0.6) is 0 Å². The van der Waals surface area contributed by atoms with Gasteiger partial charge in [-0.1, -0.05) is 52.2 Å². The van der Waals surface area contributed by atoms with Crippen molar-refractivity contribution in [1.82, 2.24) is 20.9 Å². The van der Waals surface area contributed by atoms with Crippen LogP contribution in [-0.2, 0) is 22.4 Å². The fourth-order valence-electron chi connectivity index (χ4n) is 4.71. The zero-order valence-corrected chi connectivity index (χ0v) is 23.8. The highest BCUT2D eigenvalue weighted by Crippen LogP contribution is 2.36. The summed E-state index contributed by atoms with van der Waals surface area (Å²) in [4.78, 5) is 26.9. The van der Waals surface area contributed by atoms with Crippen LogP contribution in [0.25, 0.3) is 0 Å². The van der Waals surface area contributed by atoms with Crippen LogP contribution in [0.1, 0.15) is 83.3 Å². The Hall–Kier alpha value is -2.48. The first kappa shape index (κ1) is 31.7. The summed E-state index contributed by atoms with van der Waals surface area (Å²) in [5, 5.41) is 9.21. The molecule has 8 heteroatoms. The lowest BCUT2D eigenvalue weighted by molar-refractivity contribution is -0.126. The number of hydrogen-bond acceptors (Lipinski definition) is 4. The standard InChI is InChI=1S/C30H48F2N4O2/c1-5-8-9-13-26(30(23-14-15-23)34-18-7-3)36(4)21-28(38)35-20-27(37)33-19-10-12-22-16-17-25(31)29(32)24(22)11-6-2/h13,16-17,23,30,34H,5-12,14-15,18-21H2,1-4H3,(H,33,37)(H,35,38)/b26-13-. The van der Waals surface area contributed by atoms with Crippen LogP contribution < -0.4 is 16.0 Å². The SMILES string of the molecule is CCCC/C=C(/C(NCCC)C1CC1)N(C)CC(=O)NCC(=O)NCCCc1ccc(F)c(F)c1CCC. The van der Waals surface area contributed by atoms with E-state index in [2.05, 4.69) is 35.9 Å². The molecule has 38 heavy (non-hydrogen) atoms. The van der Waals surface area contributed by atoms with Crippen molar-refractivity contribution in [2.75, 3.05) is 33.2 Å². The van der Waals surface area contributed by atoms with Gasteiger partial charge in [0.1, 0.15) is 0 Å². The van der Waals surface area contributed by atoms with Gasteiger partial charge in [-0.25, -0.2) is 8.78 Å². The molecule has 1 aliphatic carbocycles. The third kappa shape index (κ3) is 10.7. The second kappa shape index (κ2) is 17.2. The molecular formula is C30H48F2N4O2. The highest BCUT2D eigenvalue weighted by Gasteiger charge is 2.34. The summed E-state index contributed by atoms with van der Waals surface area (Å²) in [5.41, 5.74) is 2.37. The lowest BCUT2D eigenvalue weighted by Gasteiger charge is -2.30. The molecule has 1 saturated carbocycles. The zero-order chi connectivity index (χ0) is 27.9. The number of halogens is 2. The van der Waals surface area contributed by atoms with E-state index in [1.54, 1.807) is 6.07 Å². The summed E-state index contributed by atoms with van der Waals surface area (Å²) in [6.07, 6.45) is 11.3. The van der Waals surface area contributed by atoms with Crippen LogP contribution >= 0.6 is 0 Å². The molecule has 2 rings (SSSR count). The molecule has 0 aromatic heterocycles. The van der Waals surface area contributed by atoms with Crippen LogP contribution in [-0.4, -0.2) is 56.0 Å². The van der Waals surface area contributed by atoms with Crippen molar-refractivity contribution in [2.24, 2.45) is 5.92 Å². The number of carbonyl (C=O) groups is 2. The van der Waals surface area contributed by atoms with Crippen molar-refractivity contribution in [3.05, 3.63) is 46.7 Å². The van der Waals surface area contributed by atoms with Crippen LogP contribution in [0.15, 0.2) is 23.9 Å². The number of nitrogens with zero attached hydrogens (tertiary/aromatic N) is 1. The summed E-state index contributed by atoms with van der Waals surface area (Å²) in [7, 11) is 1.95. The maximum atomic E-state index is 14.1. The molecule has 0 radical (unpaired) electrons. The largest absolute Gasteiger partial charge is 0.368 e. The van der Waals surface area contributed by atoms with Gasteiger partial charge >= 0.3 is 0 Å². The second-order valence-corrected chi connectivity index (χ2v) is 10.4. The minimum Gasteiger partial charge on any atom is -0.368 e. The topological polar surface area (TPSA) is 73.5 Å². The van der Waals surface area contributed by atoms with Crippen molar-refractivity contribution in [3.63, 3.8) is 0 Å². The number of likely N-dealkylation sites (N-methyl/N-ethyl adjacent to an activating group) is 1. The molecule has 0 aliphatic heterocycles. The Morgan fingerprint density at radius 1 is 1.00 bits per heavy atom. The number of aryl methyl sites for hydroxylation is 1. The Morgan fingerprint density at radius 3 is 2.42 bits per heavy atom. The number of unbranched alkanes of at least 4 members (excludes halogenated alkanes) is 2. The Bertz CT molecular complexity index is 918. The lowest BCUT2D eigenvalue weighted by Crippen LogP contribution is -2.45. The van der Waals surface area contributed by atoms with E-state index in [0.29, 0.717) is 37.3 Å². The normalized spacial score (nSPS) is 14.3. The number of allylic oxidation sites excluding steroid dienone is 1. The summed E-state index contributed by atoms with van der Waals surface area (Å²) < 4.78 is 27.7. The Kier molecular flexibility index (Phi) is 14.3. The molecule has 1 aromatic rings. The van der Waals surface area contributed by atoms with Gasteiger partial charge in [-0.15, -0.1) is 0 Å². The summed E-state index contributed by atoms with van der Waals surface area (Å²) in [6, 6.07) is 3.05. The third-order valence-electron chi connectivity index (χ3n) is 6.94. The predicted molar refractivity (Wildman–Crippen MR) is 150 cm³/mol. The third-order valence-corrected chi connectivity index (χ3v) is 6.94. The number of amides is 2. The number of benzene rings is 1. The molecule has 0 heterocycles. The number of carbonyl (C=O) groups excluding carboxylic acids is 2. The molecule has 1 aliphatic rings. The second-order valence-electron chi connectivity index (χ2n) is 10.4. The van der Waals surface area contributed by atoms with Crippen LogP contribution in [0, 0.1) is 17.6 Å². The van der Waals surface area contributed by atoms with E-state index in [1.165, 1.54) is 18.5 Å². The van der Waals surface area contributed by atoms with Crippen LogP contribution in [0.3, 0.4) is 0 Å². The van der Waals surface area contributed by atoms with Gasteiger partial charge in [-0.05, 0) is 74.6 Å². The first-order chi connectivity index (χ1) is 18.3. The Balaban J connectivity index is 1.79. The van der Waals surface area contributed by atoms with Gasteiger partial charge in [-0.2, -0.15) is 0 Å². The molecule has 0 saturated heterocycles. The molecule has 0 bridgehead atoms. The fraction of sp³-hybridized carbons (Fsp3) is 0.667. The molecule has 214 valence electrons. The van der Waals surface area contributed by atoms with E-state index in [-0.39, 0.29) is 30.9 Å². The molecule has 0 spiro atoms. The quantitative estimate of drug-likeness (QED) is 0.222. The number of hydrogen-bond donors (Lipinski definition) is 3. The van der Waals surface area contributed by atoms with Crippen molar-refractivity contribution >= 4 is 11.8 Å². The molecule has 1 aromatic carbocycles. The van der Waals surface area contributed by atoms with E-state index in [1.807, 2.05) is 18.9 Å². The minimum atomic E-state index is -0.823. The van der Waals surface area contributed by atoms with E-state index < -0.39 is 11.6 Å². The average Bonchev–Trinajstić information content (AvgIpc) is 3.73. The van der Waals surface area contributed by atoms with Crippen LogP contribution in [0.4, 0.5) is 8.78 Å². The van der Waals surface area contributed by atoms with Gasteiger partial charge in [0.05, 0.1) is 13.1 Å². The molecule has 1 atom stereocenters. The molecule has 3 N–H and O–H groups in total. The van der Waals surface area contributed by atoms with Gasteiger partial charge < -0.3 is 20.9 Å². The fourth-order valence-corrected chi connectivity index (χ4v) is 4.71. The van der Waals surface area contributed by atoms with Gasteiger partial charge in [0.2, 0.25) is 11.8 Å². The maximum Gasteiger partial charge on any atom is 0.239 e. The first-order valence-corrected chi connectivity index (χ1v) is 14.5. The van der Waals surface area contributed by atoms with E-state index in [4.69, 9.17) is 0 Å². The van der Waals surface area contributed by atoms with E-state index in [0.717, 1.165) is 50.3 Å². The monoisotopic (exact) mass is 534 g/mol.